The Morgan fingerprint density at radius 2 is 2.00 bits per heavy atom. The second-order valence-electron chi connectivity index (χ2n) is 4.30. The molecule has 8 heteroatoms. The maximum Gasteiger partial charge on any atom is 0.401 e. The fraction of sp³-hybridized carbons (Fsp3) is 0.462. The van der Waals surface area contributed by atoms with Gasteiger partial charge < -0.3 is 14.9 Å². The van der Waals surface area contributed by atoms with Crippen molar-refractivity contribution in [3.05, 3.63) is 29.8 Å². The Morgan fingerprint density at radius 1 is 1.29 bits per heavy atom. The molecule has 0 spiro atoms. The highest BCUT2D eigenvalue weighted by Gasteiger charge is 2.30. The Labute approximate surface area is 119 Å². The standard InChI is InChI=1S/C13H16F3NO4/c14-13(15,16)9-17(4-6-18)5-7-21-11-3-1-2-10(8-11)12(19)20/h1-3,8,18H,4-7,9H2,(H,19,20). The number of hydrogen-bond donors (Lipinski definition) is 2. The molecule has 0 radical (unpaired) electrons. The largest absolute Gasteiger partial charge is 0.492 e. The summed E-state index contributed by atoms with van der Waals surface area (Å²) >= 11 is 0. The molecule has 1 aromatic rings. The minimum Gasteiger partial charge on any atom is -0.492 e. The van der Waals surface area contributed by atoms with E-state index in [1.165, 1.54) is 24.3 Å². The molecule has 21 heavy (non-hydrogen) atoms. The van der Waals surface area contributed by atoms with Gasteiger partial charge in [-0.1, -0.05) is 6.07 Å². The summed E-state index contributed by atoms with van der Waals surface area (Å²) in [5, 5.41) is 17.5. The summed E-state index contributed by atoms with van der Waals surface area (Å²) < 4.78 is 42.1. The summed E-state index contributed by atoms with van der Waals surface area (Å²) in [5.41, 5.74) is 0.0370. The predicted octanol–water partition coefficient (Wildman–Crippen LogP) is 1.62. The molecule has 0 unspecified atom stereocenters. The van der Waals surface area contributed by atoms with Crippen LogP contribution in [0.3, 0.4) is 0 Å². The number of ether oxygens (including phenoxy) is 1. The Balaban J connectivity index is 2.50. The number of carboxylic acids is 1. The topological polar surface area (TPSA) is 70.0 Å². The van der Waals surface area contributed by atoms with Gasteiger partial charge in [0.2, 0.25) is 0 Å². The van der Waals surface area contributed by atoms with Crippen LogP contribution in [-0.2, 0) is 0 Å². The summed E-state index contributed by atoms with van der Waals surface area (Å²) in [6.45, 7) is -1.70. The molecule has 0 saturated heterocycles. The normalized spacial score (nSPS) is 11.7. The summed E-state index contributed by atoms with van der Waals surface area (Å²) in [4.78, 5) is 11.8. The molecular formula is C13H16F3NO4. The minimum atomic E-state index is -4.35. The predicted molar refractivity (Wildman–Crippen MR) is 68.5 cm³/mol. The molecule has 0 aromatic heterocycles. The van der Waals surface area contributed by atoms with Crippen molar-refractivity contribution in [3.8, 4) is 5.75 Å². The van der Waals surface area contributed by atoms with Crippen LogP contribution in [0.4, 0.5) is 13.2 Å². The molecule has 2 N–H and O–H groups in total. The lowest BCUT2D eigenvalue weighted by molar-refractivity contribution is -0.147. The zero-order chi connectivity index (χ0) is 15.9. The van der Waals surface area contributed by atoms with Gasteiger partial charge in [0, 0.05) is 13.1 Å². The molecular weight excluding hydrogens is 291 g/mol. The number of carbonyl (C=O) groups is 1. The maximum absolute atomic E-state index is 12.3. The van der Waals surface area contributed by atoms with Crippen molar-refractivity contribution in [3.63, 3.8) is 0 Å². The number of aliphatic hydroxyl groups excluding tert-OH is 1. The zero-order valence-electron chi connectivity index (χ0n) is 11.1. The number of halogens is 3. The van der Waals surface area contributed by atoms with Gasteiger partial charge in [0.1, 0.15) is 12.4 Å². The number of nitrogens with zero attached hydrogens (tertiary/aromatic N) is 1. The third-order valence-electron chi connectivity index (χ3n) is 2.58. The van der Waals surface area contributed by atoms with E-state index in [9.17, 15) is 18.0 Å². The fourth-order valence-corrected chi connectivity index (χ4v) is 1.68. The van der Waals surface area contributed by atoms with Crippen LogP contribution in [0.25, 0.3) is 0 Å². The van der Waals surface area contributed by atoms with E-state index in [1.807, 2.05) is 0 Å². The van der Waals surface area contributed by atoms with Crippen molar-refractivity contribution in [1.82, 2.24) is 4.90 Å². The van der Waals surface area contributed by atoms with E-state index in [-0.39, 0.29) is 37.6 Å². The molecule has 0 saturated carbocycles. The molecule has 1 rings (SSSR count). The maximum atomic E-state index is 12.3. The Morgan fingerprint density at radius 3 is 2.57 bits per heavy atom. The summed E-state index contributed by atoms with van der Waals surface area (Å²) in [6.07, 6.45) is -4.35. The van der Waals surface area contributed by atoms with Gasteiger partial charge in [-0.2, -0.15) is 13.2 Å². The van der Waals surface area contributed by atoms with Crippen molar-refractivity contribution in [2.45, 2.75) is 6.18 Å². The van der Waals surface area contributed by atoms with Crippen molar-refractivity contribution in [2.24, 2.45) is 0 Å². The highest BCUT2D eigenvalue weighted by molar-refractivity contribution is 5.87. The van der Waals surface area contributed by atoms with E-state index in [0.29, 0.717) is 0 Å². The molecule has 0 fully saturated rings. The summed E-state index contributed by atoms with van der Waals surface area (Å²) in [6, 6.07) is 5.69. The first-order valence-electron chi connectivity index (χ1n) is 6.18. The van der Waals surface area contributed by atoms with E-state index >= 15 is 0 Å². The molecule has 0 heterocycles. The van der Waals surface area contributed by atoms with Crippen LogP contribution in [0.5, 0.6) is 5.75 Å². The molecule has 0 atom stereocenters. The van der Waals surface area contributed by atoms with E-state index in [0.717, 1.165) is 4.90 Å². The van der Waals surface area contributed by atoms with Crippen LogP contribution in [0.2, 0.25) is 0 Å². The van der Waals surface area contributed by atoms with Crippen LogP contribution in [-0.4, -0.2) is 60.1 Å². The minimum absolute atomic E-state index is 0.0304. The molecule has 1 aromatic carbocycles. The van der Waals surface area contributed by atoms with Gasteiger partial charge >= 0.3 is 12.1 Å². The van der Waals surface area contributed by atoms with Gasteiger partial charge in [0.25, 0.3) is 0 Å². The highest BCUT2D eigenvalue weighted by Crippen LogP contribution is 2.17. The monoisotopic (exact) mass is 307 g/mol. The fourth-order valence-electron chi connectivity index (χ4n) is 1.68. The first-order chi connectivity index (χ1) is 9.81. The lowest BCUT2D eigenvalue weighted by atomic mass is 10.2. The van der Waals surface area contributed by atoms with Gasteiger partial charge in [-0.3, -0.25) is 4.90 Å². The highest BCUT2D eigenvalue weighted by atomic mass is 19.4. The first-order valence-corrected chi connectivity index (χ1v) is 6.18. The van der Waals surface area contributed by atoms with Gasteiger partial charge in [-0.25, -0.2) is 4.79 Å². The molecule has 0 aliphatic heterocycles. The molecule has 0 amide bonds. The van der Waals surface area contributed by atoms with E-state index in [2.05, 4.69) is 0 Å². The second kappa shape index (κ2) is 7.84. The van der Waals surface area contributed by atoms with Crippen LogP contribution in [0.1, 0.15) is 10.4 Å². The Hall–Kier alpha value is -1.80. The SMILES string of the molecule is O=C(O)c1cccc(OCCN(CCO)CC(F)(F)F)c1. The Bertz CT molecular complexity index is 465. The summed E-state index contributed by atoms with van der Waals surface area (Å²) in [5.74, 6) is -0.842. The quantitative estimate of drug-likeness (QED) is 0.764. The average Bonchev–Trinajstić information content (AvgIpc) is 2.37. The lowest BCUT2D eigenvalue weighted by Crippen LogP contribution is -2.38. The second-order valence-corrected chi connectivity index (χ2v) is 4.30. The third kappa shape index (κ3) is 6.96. The van der Waals surface area contributed by atoms with Crippen LogP contribution >= 0.6 is 0 Å². The molecule has 5 nitrogen and oxygen atoms in total. The van der Waals surface area contributed by atoms with Crippen molar-refractivity contribution in [2.75, 3.05) is 32.8 Å². The average molecular weight is 307 g/mol. The number of aliphatic hydroxyl groups is 1. The van der Waals surface area contributed by atoms with Gasteiger partial charge in [-0.05, 0) is 18.2 Å². The van der Waals surface area contributed by atoms with Crippen LogP contribution in [0.15, 0.2) is 24.3 Å². The van der Waals surface area contributed by atoms with Crippen LogP contribution < -0.4 is 4.74 Å². The van der Waals surface area contributed by atoms with Gasteiger partial charge in [0.15, 0.2) is 0 Å². The lowest BCUT2D eigenvalue weighted by Gasteiger charge is -2.22. The summed E-state index contributed by atoms with van der Waals surface area (Å²) in [7, 11) is 0. The number of aromatic carboxylic acids is 1. The smallest absolute Gasteiger partial charge is 0.401 e. The van der Waals surface area contributed by atoms with Gasteiger partial charge in [0.05, 0.1) is 18.7 Å². The first kappa shape index (κ1) is 17.3. The number of hydrogen-bond acceptors (Lipinski definition) is 4. The van der Waals surface area contributed by atoms with E-state index < -0.39 is 18.7 Å². The molecule has 118 valence electrons. The zero-order valence-corrected chi connectivity index (χ0v) is 11.1. The molecule has 0 aliphatic carbocycles. The number of benzene rings is 1. The van der Waals surface area contributed by atoms with Crippen LogP contribution in [0, 0.1) is 0 Å². The van der Waals surface area contributed by atoms with Gasteiger partial charge in [-0.15, -0.1) is 0 Å². The Kier molecular flexibility index (Phi) is 6.44. The van der Waals surface area contributed by atoms with Crippen molar-refractivity contribution >= 4 is 5.97 Å². The number of rotatable bonds is 8. The number of alkyl halides is 3. The van der Waals surface area contributed by atoms with Crippen molar-refractivity contribution in [1.29, 1.82) is 0 Å². The number of carboxylic acid groups (broad SMARTS) is 1. The van der Waals surface area contributed by atoms with E-state index in [1.54, 1.807) is 0 Å². The third-order valence-corrected chi connectivity index (χ3v) is 2.58. The molecule has 0 bridgehead atoms. The van der Waals surface area contributed by atoms with Crippen molar-refractivity contribution < 1.29 is 32.9 Å². The van der Waals surface area contributed by atoms with E-state index in [4.69, 9.17) is 14.9 Å². The molecule has 0 aliphatic rings.